The maximum atomic E-state index is 5.80. The molecule has 0 aliphatic carbocycles. The van der Waals surface area contributed by atoms with Gasteiger partial charge in [-0.15, -0.1) is 11.3 Å². The van der Waals surface area contributed by atoms with Crippen molar-refractivity contribution in [3.8, 4) is 0 Å². The maximum absolute atomic E-state index is 5.80. The van der Waals surface area contributed by atoms with Crippen molar-refractivity contribution in [2.24, 2.45) is 5.73 Å². The molecule has 0 saturated heterocycles. The van der Waals surface area contributed by atoms with E-state index in [1.54, 1.807) is 11.3 Å². The van der Waals surface area contributed by atoms with Gasteiger partial charge in [-0.2, -0.15) is 0 Å². The van der Waals surface area contributed by atoms with E-state index in [1.165, 1.54) is 15.6 Å². The molecule has 74 valence electrons. The second kappa shape index (κ2) is 3.37. The molecule has 1 nitrogen and oxygen atoms in total. The van der Waals surface area contributed by atoms with Crippen LogP contribution in [-0.4, -0.2) is 6.54 Å². The Labute approximate surface area is 88.6 Å². The molecule has 0 spiro atoms. The minimum absolute atomic E-state index is 0.0738. The minimum Gasteiger partial charge on any atom is -0.330 e. The number of hydrogen-bond acceptors (Lipinski definition) is 2. The Morgan fingerprint density at radius 1 is 1.29 bits per heavy atom. The Morgan fingerprint density at radius 2 is 2.07 bits per heavy atom. The molecule has 0 aliphatic rings. The zero-order valence-corrected chi connectivity index (χ0v) is 9.40. The highest BCUT2D eigenvalue weighted by atomic mass is 32.1. The highest BCUT2D eigenvalue weighted by Gasteiger charge is 2.20. The molecule has 1 aromatic carbocycles. The Balaban J connectivity index is 2.67. The number of hydrogen-bond donors (Lipinski definition) is 1. The van der Waals surface area contributed by atoms with E-state index >= 15 is 0 Å². The van der Waals surface area contributed by atoms with Gasteiger partial charge in [0.05, 0.1) is 0 Å². The Bertz CT molecular complexity index is 442. The van der Waals surface area contributed by atoms with Gasteiger partial charge in [-0.3, -0.25) is 0 Å². The fourth-order valence-electron chi connectivity index (χ4n) is 1.64. The molecular formula is C12H15NS. The van der Waals surface area contributed by atoms with Crippen LogP contribution in [0.4, 0.5) is 0 Å². The molecule has 0 atom stereocenters. The summed E-state index contributed by atoms with van der Waals surface area (Å²) in [5, 5.41) is 3.47. The molecule has 1 aromatic heterocycles. The summed E-state index contributed by atoms with van der Waals surface area (Å²) in [5.74, 6) is 0. The molecule has 2 rings (SSSR count). The number of nitrogens with two attached hydrogens (primary N) is 1. The summed E-state index contributed by atoms with van der Waals surface area (Å²) in [6, 6.07) is 8.62. The van der Waals surface area contributed by atoms with Gasteiger partial charge in [-0.05, 0) is 22.4 Å². The summed E-state index contributed by atoms with van der Waals surface area (Å²) < 4.78 is 1.38. The fourth-order valence-corrected chi connectivity index (χ4v) is 2.73. The van der Waals surface area contributed by atoms with Gasteiger partial charge < -0.3 is 5.73 Å². The third kappa shape index (κ3) is 1.45. The average molecular weight is 205 g/mol. The number of fused-ring (bicyclic) bond motifs is 1. The van der Waals surface area contributed by atoms with Crippen molar-refractivity contribution in [1.29, 1.82) is 0 Å². The quantitative estimate of drug-likeness (QED) is 0.801. The molecular weight excluding hydrogens is 190 g/mol. The van der Waals surface area contributed by atoms with Crippen molar-refractivity contribution in [2.45, 2.75) is 19.3 Å². The number of thiophene rings is 1. The molecule has 1 heterocycles. The molecule has 2 aromatic rings. The first-order valence-corrected chi connectivity index (χ1v) is 5.70. The summed E-state index contributed by atoms with van der Waals surface area (Å²) in [5.41, 5.74) is 7.24. The first kappa shape index (κ1) is 9.69. The molecule has 0 aliphatic heterocycles. The van der Waals surface area contributed by atoms with Crippen LogP contribution in [0.5, 0.6) is 0 Å². The number of benzene rings is 1. The van der Waals surface area contributed by atoms with Gasteiger partial charge in [-0.1, -0.05) is 32.0 Å². The monoisotopic (exact) mass is 205 g/mol. The highest BCUT2D eigenvalue weighted by molar-refractivity contribution is 7.17. The smallest absolute Gasteiger partial charge is 0.0380 e. The molecule has 0 unspecified atom stereocenters. The van der Waals surface area contributed by atoms with E-state index in [9.17, 15) is 0 Å². The normalized spacial score (nSPS) is 12.2. The Kier molecular flexibility index (Phi) is 2.33. The summed E-state index contributed by atoms with van der Waals surface area (Å²) in [7, 11) is 0. The van der Waals surface area contributed by atoms with Crippen molar-refractivity contribution >= 4 is 21.4 Å². The van der Waals surface area contributed by atoms with Crippen molar-refractivity contribution < 1.29 is 0 Å². The molecule has 2 heteroatoms. The van der Waals surface area contributed by atoms with E-state index in [1.807, 2.05) is 0 Å². The van der Waals surface area contributed by atoms with E-state index in [0.29, 0.717) is 6.54 Å². The first-order chi connectivity index (χ1) is 6.65. The summed E-state index contributed by atoms with van der Waals surface area (Å²) >= 11 is 1.80. The lowest BCUT2D eigenvalue weighted by molar-refractivity contribution is 0.544. The summed E-state index contributed by atoms with van der Waals surface area (Å²) in [6.45, 7) is 5.08. The van der Waals surface area contributed by atoms with Gasteiger partial charge in [0.25, 0.3) is 0 Å². The van der Waals surface area contributed by atoms with Gasteiger partial charge in [0.2, 0.25) is 0 Å². The topological polar surface area (TPSA) is 26.0 Å². The maximum Gasteiger partial charge on any atom is 0.0380 e. The van der Waals surface area contributed by atoms with Crippen molar-refractivity contribution in [1.82, 2.24) is 0 Å². The summed E-state index contributed by atoms with van der Waals surface area (Å²) in [4.78, 5) is 0. The van der Waals surface area contributed by atoms with Crippen molar-refractivity contribution in [3.63, 3.8) is 0 Å². The second-order valence-corrected chi connectivity index (χ2v) is 5.15. The van der Waals surface area contributed by atoms with Crippen molar-refractivity contribution in [2.75, 3.05) is 6.54 Å². The van der Waals surface area contributed by atoms with Crippen LogP contribution < -0.4 is 5.73 Å². The van der Waals surface area contributed by atoms with Gasteiger partial charge in [0, 0.05) is 16.7 Å². The van der Waals surface area contributed by atoms with Gasteiger partial charge in [-0.25, -0.2) is 0 Å². The van der Waals surface area contributed by atoms with Crippen LogP contribution in [-0.2, 0) is 5.41 Å². The van der Waals surface area contributed by atoms with Crippen LogP contribution in [0.15, 0.2) is 29.6 Å². The predicted octanol–water partition coefficient (Wildman–Crippen LogP) is 3.14. The highest BCUT2D eigenvalue weighted by Crippen LogP contribution is 2.32. The lowest BCUT2D eigenvalue weighted by Crippen LogP contribution is -2.28. The minimum atomic E-state index is 0.0738. The van der Waals surface area contributed by atoms with Crippen LogP contribution in [0.2, 0.25) is 0 Å². The zero-order valence-electron chi connectivity index (χ0n) is 8.58. The molecule has 0 radical (unpaired) electrons. The third-order valence-corrected chi connectivity index (χ3v) is 3.68. The molecule has 0 amide bonds. The third-order valence-electron chi connectivity index (χ3n) is 2.72. The SMILES string of the molecule is CC(C)(CN)c1cccc2ccsc12. The van der Waals surface area contributed by atoms with E-state index in [-0.39, 0.29) is 5.41 Å². The molecule has 2 N–H and O–H groups in total. The van der Waals surface area contributed by atoms with Crippen LogP contribution in [0, 0.1) is 0 Å². The van der Waals surface area contributed by atoms with Crippen LogP contribution in [0.25, 0.3) is 10.1 Å². The van der Waals surface area contributed by atoms with Crippen LogP contribution in [0.1, 0.15) is 19.4 Å². The van der Waals surface area contributed by atoms with E-state index in [4.69, 9.17) is 5.73 Å². The zero-order chi connectivity index (χ0) is 10.2. The van der Waals surface area contributed by atoms with Crippen molar-refractivity contribution in [3.05, 3.63) is 35.2 Å². The van der Waals surface area contributed by atoms with E-state index in [0.717, 1.165) is 0 Å². The van der Waals surface area contributed by atoms with Crippen LogP contribution >= 0.6 is 11.3 Å². The van der Waals surface area contributed by atoms with Gasteiger partial charge >= 0.3 is 0 Å². The summed E-state index contributed by atoms with van der Waals surface area (Å²) in [6.07, 6.45) is 0. The Morgan fingerprint density at radius 3 is 2.79 bits per heavy atom. The first-order valence-electron chi connectivity index (χ1n) is 4.82. The van der Waals surface area contributed by atoms with Gasteiger partial charge in [0.1, 0.15) is 0 Å². The average Bonchev–Trinajstić information content (AvgIpc) is 2.64. The van der Waals surface area contributed by atoms with Crippen LogP contribution in [0.3, 0.4) is 0 Å². The van der Waals surface area contributed by atoms with E-state index < -0.39 is 0 Å². The largest absolute Gasteiger partial charge is 0.330 e. The molecule has 0 saturated carbocycles. The standard InChI is InChI=1S/C12H15NS/c1-12(2,8-13)10-5-3-4-9-6-7-14-11(9)10/h3-7H,8,13H2,1-2H3. The lowest BCUT2D eigenvalue weighted by atomic mass is 9.84. The van der Waals surface area contributed by atoms with E-state index in [2.05, 4.69) is 43.5 Å². The van der Waals surface area contributed by atoms with Gasteiger partial charge in [0.15, 0.2) is 0 Å². The second-order valence-electron chi connectivity index (χ2n) is 4.23. The number of rotatable bonds is 2. The fraction of sp³-hybridized carbons (Fsp3) is 0.333. The lowest BCUT2D eigenvalue weighted by Gasteiger charge is -2.23. The Hall–Kier alpha value is -0.860. The molecule has 14 heavy (non-hydrogen) atoms. The molecule has 0 fully saturated rings. The predicted molar refractivity (Wildman–Crippen MR) is 63.9 cm³/mol. The molecule has 0 bridgehead atoms.